The molecule has 0 aliphatic heterocycles. The minimum Gasteiger partial charge on any atom is -0.480 e. The van der Waals surface area contributed by atoms with Gasteiger partial charge in [0, 0.05) is 6.04 Å². The normalized spacial score (nSPS) is 33.0. The van der Waals surface area contributed by atoms with E-state index in [1.54, 1.807) is 0 Å². The Hall–Kier alpha value is -0.570. The van der Waals surface area contributed by atoms with Crippen molar-refractivity contribution in [3.8, 4) is 0 Å². The zero-order chi connectivity index (χ0) is 14.8. The molecule has 2 fully saturated rings. The van der Waals surface area contributed by atoms with Gasteiger partial charge in [0.15, 0.2) is 0 Å². The molecular weight excluding hydrogens is 250 g/mol. The first-order chi connectivity index (χ1) is 9.33. The van der Waals surface area contributed by atoms with E-state index in [1.165, 1.54) is 19.3 Å². The molecule has 2 N–H and O–H groups in total. The van der Waals surface area contributed by atoms with Crippen molar-refractivity contribution in [3.63, 3.8) is 0 Å². The molecule has 20 heavy (non-hydrogen) atoms. The van der Waals surface area contributed by atoms with E-state index < -0.39 is 11.5 Å². The molecule has 2 aliphatic carbocycles. The Kier molecular flexibility index (Phi) is 4.78. The Morgan fingerprint density at radius 2 is 1.70 bits per heavy atom. The highest BCUT2D eigenvalue weighted by Crippen LogP contribution is 2.40. The van der Waals surface area contributed by atoms with Crippen molar-refractivity contribution < 1.29 is 9.90 Å². The third kappa shape index (κ3) is 3.55. The van der Waals surface area contributed by atoms with Gasteiger partial charge in [-0.1, -0.05) is 40.0 Å². The Labute approximate surface area is 123 Å². The summed E-state index contributed by atoms with van der Waals surface area (Å²) in [6, 6.07) is 0.428. The minimum atomic E-state index is -0.658. The molecule has 0 saturated heterocycles. The lowest BCUT2D eigenvalue weighted by atomic mass is 9.76. The summed E-state index contributed by atoms with van der Waals surface area (Å²) >= 11 is 0. The maximum atomic E-state index is 11.9. The molecule has 3 nitrogen and oxygen atoms in total. The van der Waals surface area contributed by atoms with Crippen molar-refractivity contribution in [2.45, 2.75) is 90.1 Å². The number of carbonyl (C=O) groups is 1. The Morgan fingerprint density at radius 3 is 2.25 bits per heavy atom. The van der Waals surface area contributed by atoms with Crippen LogP contribution in [-0.2, 0) is 4.79 Å². The van der Waals surface area contributed by atoms with Gasteiger partial charge in [0.1, 0.15) is 5.54 Å². The van der Waals surface area contributed by atoms with Crippen LogP contribution in [0.25, 0.3) is 0 Å². The fourth-order valence-corrected chi connectivity index (χ4v) is 4.09. The maximum absolute atomic E-state index is 11.9. The second kappa shape index (κ2) is 6.05. The predicted octanol–water partition coefficient (Wildman–Crippen LogP) is 3.97. The van der Waals surface area contributed by atoms with Crippen molar-refractivity contribution in [1.82, 2.24) is 5.32 Å². The van der Waals surface area contributed by atoms with Gasteiger partial charge in [0.05, 0.1) is 0 Å². The molecule has 0 aromatic carbocycles. The summed E-state index contributed by atoms with van der Waals surface area (Å²) in [5.74, 6) is 0.0214. The second-order valence-corrected chi connectivity index (χ2v) is 8.01. The van der Waals surface area contributed by atoms with Crippen molar-refractivity contribution >= 4 is 5.97 Å². The number of carboxylic acids is 1. The van der Waals surface area contributed by atoms with Crippen LogP contribution in [0, 0.1) is 11.3 Å². The average Bonchev–Trinajstić information content (AvgIpc) is 2.72. The molecule has 2 aliphatic rings. The second-order valence-electron chi connectivity index (χ2n) is 8.01. The number of hydrogen-bond acceptors (Lipinski definition) is 2. The van der Waals surface area contributed by atoms with Crippen molar-refractivity contribution in [1.29, 1.82) is 0 Å². The summed E-state index contributed by atoms with van der Waals surface area (Å²) in [6.07, 6.45) is 9.63. The quantitative estimate of drug-likeness (QED) is 0.770. The summed E-state index contributed by atoms with van der Waals surface area (Å²) in [4.78, 5) is 11.9. The van der Waals surface area contributed by atoms with Gasteiger partial charge in [-0.2, -0.15) is 0 Å². The summed E-state index contributed by atoms with van der Waals surface area (Å²) < 4.78 is 0. The van der Waals surface area contributed by atoms with E-state index in [-0.39, 0.29) is 0 Å². The van der Waals surface area contributed by atoms with Crippen LogP contribution in [0.15, 0.2) is 0 Å². The van der Waals surface area contributed by atoms with Crippen LogP contribution < -0.4 is 5.32 Å². The van der Waals surface area contributed by atoms with Gasteiger partial charge in [-0.15, -0.1) is 0 Å². The van der Waals surface area contributed by atoms with Gasteiger partial charge in [-0.05, 0) is 49.9 Å². The molecule has 2 atom stereocenters. The zero-order valence-corrected chi connectivity index (χ0v) is 13.4. The van der Waals surface area contributed by atoms with E-state index in [0.29, 0.717) is 17.4 Å². The number of hydrogen-bond donors (Lipinski definition) is 2. The van der Waals surface area contributed by atoms with Crippen LogP contribution in [0.1, 0.15) is 78.6 Å². The van der Waals surface area contributed by atoms with E-state index in [9.17, 15) is 9.90 Å². The van der Waals surface area contributed by atoms with Crippen molar-refractivity contribution in [2.24, 2.45) is 11.3 Å². The van der Waals surface area contributed by atoms with E-state index in [0.717, 1.165) is 38.5 Å². The highest BCUT2D eigenvalue weighted by atomic mass is 16.4. The minimum absolute atomic E-state index is 0.294. The monoisotopic (exact) mass is 281 g/mol. The fraction of sp³-hybridized carbons (Fsp3) is 0.941. The molecule has 0 aromatic rings. The van der Waals surface area contributed by atoms with Crippen molar-refractivity contribution in [2.75, 3.05) is 0 Å². The van der Waals surface area contributed by atoms with Gasteiger partial charge >= 0.3 is 5.97 Å². The number of carboxylic acid groups (broad SMARTS) is 1. The number of rotatable bonds is 3. The molecule has 0 heterocycles. The third-order valence-corrected chi connectivity index (χ3v) is 5.55. The molecule has 2 unspecified atom stereocenters. The number of nitrogens with one attached hydrogen (secondary N) is 1. The van der Waals surface area contributed by atoms with Crippen LogP contribution in [0.4, 0.5) is 0 Å². The lowest BCUT2D eigenvalue weighted by molar-refractivity contribution is -0.146. The maximum Gasteiger partial charge on any atom is 0.323 e. The van der Waals surface area contributed by atoms with Crippen molar-refractivity contribution in [3.05, 3.63) is 0 Å². The van der Waals surface area contributed by atoms with Crippen LogP contribution in [0.3, 0.4) is 0 Å². The van der Waals surface area contributed by atoms with Gasteiger partial charge in [-0.25, -0.2) is 0 Å². The Bertz CT molecular complexity index is 341. The Balaban J connectivity index is 2.06. The topological polar surface area (TPSA) is 49.3 Å². The molecule has 0 amide bonds. The largest absolute Gasteiger partial charge is 0.480 e. The molecule has 0 aromatic heterocycles. The SMILES string of the molecule is CC(C)(C)C1CCCC(NC2CCCC2)(C(=O)O)CC1. The molecule has 3 heteroatoms. The summed E-state index contributed by atoms with van der Waals surface area (Å²) in [7, 11) is 0. The summed E-state index contributed by atoms with van der Waals surface area (Å²) in [5, 5.41) is 13.3. The smallest absolute Gasteiger partial charge is 0.323 e. The first-order valence-corrected chi connectivity index (χ1v) is 8.35. The first-order valence-electron chi connectivity index (χ1n) is 8.35. The van der Waals surface area contributed by atoms with Crippen LogP contribution in [0.5, 0.6) is 0 Å². The Morgan fingerprint density at radius 1 is 1.05 bits per heavy atom. The third-order valence-electron chi connectivity index (χ3n) is 5.55. The molecule has 0 bridgehead atoms. The average molecular weight is 281 g/mol. The summed E-state index contributed by atoms with van der Waals surface area (Å²) in [6.45, 7) is 6.86. The number of aliphatic carboxylic acids is 1. The molecule has 2 saturated carbocycles. The van der Waals surface area contributed by atoms with Crippen LogP contribution in [-0.4, -0.2) is 22.7 Å². The molecule has 116 valence electrons. The van der Waals surface area contributed by atoms with Gasteiger partial charge in [-0.3, -0.25) is 10.1 Å². The highest BCUT2D eigenvalue weighted by Gasteiger charge is 2.43. The summed E-state index contributed by atoms with van der Waals surface area (Å²) in [5.41, 5.74) is -0.364. The van der Waals surface area contributed by atoms with E-state index >= 15 is 0 Å². The predicted molar refractivity (Wildman–Crippen MR) is 81.8 cm³/mol. The van der Waals surface area contributed by atoms with Gasteiger partial charge in [0.25, 0.3) is 0 Å². The molecular formula is C17H31NO2. The highest BCUT2D eigenvalue weighted by molar-refractivity contribution is 5.78. The zero-order valence-electron chi connectivity index (χ0n) is 13.4. The van der Waals surface area contributed by atoms with Gasteiger partial charge < -0.3 is 5.11 Å². The first kappa shape index (κ1) is 15.8. The van der Waals surface area contributed by atoms with E-state index in [2.05, 4.69) is 26.1 Å². The standard InChI is InChI=1S/C17H31NO2/c1-16(2,3)13-7-6-11-17(12-10-13,15(19)20)18-14-8-4-5-9-14/h13-14,18H,4-12H2,1-3H3,(H,19,20). The lowest BCUT2D eigenvalue weighted by Gasteiger charge is -2.34. The van der Waals surface area contributed by atoms with E-state index in [4.69, 9.17) is 0 Å². The molecule has 2 rings (SSSR count). The van der Waals surface area contributed by atoms with E-state index in [1.807, 2.05) is 0 Å². The molecule has 0 spiro atoms. The lowest BCUT2D eigenvalue weighted by Crippen LogP contribution is -2.55. The fourth-order valence-electron chi connectivity index (χ4n) is 4.09. The molecule has 0 radical (unpaired) electrons. The van der Waals surface area contributed by atoms with Crippen LogP contribution >= 0.6 is 0 Å². The van der Waals surface area contributed by atoms with Gasteiger partial charge in [0.2, 0.25) is 0 Å². The van der Waals surface area contributed by atoms with Crippen LogP contribution in [0.2, 0.25) is 0 Å².